The maximum atomic E-state index is 8.99. The van der Waals surface area contributed by atoms with Gasteiger partial charge in [-0.15, -0.1) is 0 Å². The fraction of sp³-hybridized carbons (Fsp3) is 0.167. The minimum absolute atomic E-state index is 0.0765. The number of ether oxygens (including phenoxy) is 1. The first-order valence-electron chi connectivity index (χ1n) is 4.51. The number of fused-ring (bicyclic) bond motifs is 1. The van der Waals surface area contributed by atoms with Crippen molar-refractivity contribution in [3.8, 4) is 5.75 Å². The van der Waals surface area contributed by atoms with Gasteiger partial charge in [0.1, 0.15) is 5.75 Å². The Morgan fingerprint density at radius 1 is 1.21 bits per heavy atom. The second-order valence-corrected chi connectivity index (χ2v) is 3.17. The predicted molar refractivity (Wildman–Crippen MR) is 56.4 cm³/mol. The maximum Gasteiger partial charge on any atom is 0.126 e. The van der Waals surface area contributed by atoms with Crippen LogP contribution in [-0.2, 0) is 6.61 Å². The Hall–Kier alpha value is -1.54. The molecule has 0 saturated heterocycles. The highest BCUT2D eigenvalue weighted by Crippen LogP contribution is 2.25. The maximum absolute atomic E-state index is 8.99. The molecular weight excluding hydrogens is 176 g/mol. The third-order valence-electron chi connectivity index (χ3n) is 2.31. The molecule has 0 aliphatic carbocycles. The van der Waals surface area contributed by atoms with E-state index in [0.29, 0.717) is 0 Å². The molecular formula is C12H12O2. The summed E-state index contributed by atoms with van der Waals surface area (Å²) in [6.07, 6.45) is 0. The zero-order chi connectivity index (χ0) is 9.97. The quantitative estimate of drug-likeness (QED) is 0.783. The summed E-state index contributed by atoms with van der Waals surface area (Å²) < 4.78 is 5.24. The van der Waals surface area contributed by atoms with Crippen molar-refractivity contribution in [1.82, 2.24) is 0 Å². The molecule has 0 aliphatic rings. The van der Waals surface area contributed by atoms with E-state index in [1.54, 1.807) is 7.11 Å². The highest BCUT2D eigenvalue weighted by Gasteiger charge is 2.00. The molecule has 2 rings (SSSR count). The molecule has 2 heteroatoms. The first kappa shape index (κ1) is 9.03. The van der Waals surface area contributed by atoms with Gasteiger partial charge in [0.05, 0.1) is 13.7 Å². The summed E-state index contributed by atoms with van der Waals surface area (Å²) in [5.74, 6) is 0.868. The van der Waals surface area contributed by atoms with E-state index in [4.69, 9.17) is 9.84 Å². The zero-order valence-corrected chi connectivity index (χ0v) is 8.03. The lowest BCUT2D eigenvalue weighted by Gasteiger charge is -2.05. The van der Waals surface area contributed by atoms with E-state index < -0.39 is 0 Å². The predicted octanol–water partition coefficient (Wildman–Crippen LogP) is 2.34. The summed E-state index contributed by atoms with van der Waals surface area (Å²) in [6.45, 7) is 0.0765. The van der Waals surface area contributed by atoms with Gasteiger partial charge < -0.3 is 9.84 Å². The van der Waals surface area contributed by atoms with E-state index in [1.165, 1.54) is 0 Å². The molecule has 72 valence electrons. The monoisotopic (exact) mass is 188 g/mol. The Labute approximate surface area is 82.8 Å². The van der Waals surface area contributed by atoms with Crippen molar-refractivity contribution in [3.63, 3.8) is 0 Å². The molecule has 0 aliphatic heterocycles. The van der Waals surface area contributed by atoms with Crippen LogP contribution in [0.1, 0.15) is 5.56 Å². The lowest BCUT2D eigenvalue weighted by atomic mass is 10.1. The molecule has 2 nitrogen and oxygen atoms in total. The van der Waals surface area contributed by atoms with Crippen LogP contribution in [0, 0.1) is 0 Å². The van der Waals surface area contributed by atoms with Crippen molar-refractivity contribution >= 4 is 10.8 Å². The third kappa shape index (κ3) is 1.44. The van der Waals surface area contributed by atoms with E-state index in [0.717, 1.165) is 22.1 Å². The van der Waals surface area contributed by atoms with Crippen LogP contribution in [0.15, 0.2) is 36.4 Å². The van der Waals surface area contributed by atoms with Gasteiger partial charge in [-0.3, -0.25) is 0 Å². The van der Waals surface area contributed by atoms with Crippen LogP contribution >= 0.6 is 0 Å². The Balaban J connectivity index is 2.67. The lowest BCUT2D eigenvalue weighted by Crippen LogP contribution is -1.86. The van der Waals surface area contributed by atoms with Crippen LogP contribution < -0.4 is 4.74 Å². The van der Waals surface area contributed by atoms with E-state index in [-0.39, 0.29) is 6.61 Å². The van der Waals surface area contributed by atoms with Gasteiger partial charge in [-0.1, -0.05) is 24.3 Å². The van der Waals surface area contributed by atoms with E-state index >= 15 is 0 Å². The number of benzene rings is 2. The molecule has 0 spiro atoms. The molecule has 0 saturated carbocycles. The van der Waals surface area contributed by atoms with Gasteiger partial charge in [0.25, 0.3) is 0 Å². The van der Waals surface area contributed by atoms with Crippen molar-refractivity contribution in [1.29, 1.82) is 0 Å². The van der Waals surface area contributed by atoms with Crippen LogP contribution in [0.25, 0.3) is 10.8 Å². The highest BCUT2D eigenvalue weighted by atomic mass is 16.5. The molecule has 14 heavy (non-hydrogen) atoms. The summed E-state index contributed by atoms with van der Waals surface area (Å²) in [4.78, 5) is 0. The second-order valence-electron chi connectivity index (χ2n) is 3.17. The lowest BCUT2D eigenvalue weighted by molar-refractivity contribution is 0.282. The summed E-state index contributed by atoms with van der Waals surface area (Å²) in [7, 11) is 1.66. The minimum atomic E-state index is 0.0765. The SMILES string of the molecule is COc1cccc2cc(CO)ccc12. The number of methoxy groups -OCH3 is 1. The van der Waals surface area contributed by atoms with Crippen LogP contribution in [0.3, 0.4) is 0 Å². The summed E-state index contributed by atoms with van der Waals surface area (Å²) >= 11 is 0. The molecule has 0 amide bonds. The zero-order valence-electron chi connectivity index (χ0n) is 8.03. The van der Waals surface area contributed by atoms with Crippen molar-refractivity contribution in [3.05, 3.63) is 42.0 Å². The Kier molecular flexibility index (Phi) is 2.37. The fourth-order valence-corrected chi connectivity index (χ4v) is 1.58. The summed E-state index contributed by atoms with van der Waals surface area (Å²) in [5.41, 5.74) is 0.922. The van der Waals surface area contributed by atoms with Gasteiger partial charge in [0, 0.05) is 5.39 Å². The highest BCUT2D eigenvalue weighted by molar-refractivity contribution is 5.88. The largest absolute Gasteiger partial charge is 0.496 e. The fourth-order valence-electron chi connectivity index (χ4n) is 1.58. The molecule has 0 fully saturated rings. The average Bonchev–Trinajstić information content (AvgIpc) is 2.27. The number of hydrogen-bond acceptors (Lipinski definition) is 2. The van der Waals surface area contributed by atoms with Gasteiger partial charge in [0.2, 0.25) is 0 Å². The first-order valence-corrected chi connectivity index (χ1v) is 4.51. The van der Waals surface area contributed by atoms with E-state index in [9.17, 15) is 0 Å². The van der Waals surface area contributed by atoms with Gasteiger partial charge in [-0.2, -0.15) is 0 Å². The molecule has 0 radical (unpaired) electrons. The van der Waals surface area contributed by atoms with Crippen molar-refractivity contribution < 1.29 is 9.84 Å². The molecule has 0 heterocycles. The van der Waals surface area contributed by atoms with Crippen LogP contribution in [0.4, 0.5) is 0 Å². The molecule has 1 N–H and O–H groups in total. The molecule has 2 aromatic rings. The normalized spacial score (nSPS) is 10.4. The molecule has 0 aromatic heterocycles. The standard InChI is InChI=1S/C12H12O2/c1-14-12-4-2-3-10-7-9(8-13)5-6-11(10)12/h2-7,13H,8H2,1H3. The Bertz CT molecular complexity index is 449. The minimum Gasteiger partial charge on any atom is -0.496 e. The van der Waals surface area contributed by atoms with Crippen molar-refractivity contribution in [2.24, 2.45) is 0 Å². The van der Waals surface area contributed by atoms with Crippen LogP contribution in [0.5, 0.6) is 5.75 Å². The number of hydrogen-bond donors (Lipinski definition) is 1. The van der Waals surface area contributed by atoms with E-state index in [2.05, 4.69) is 0 Å². The van der Waals surface area contributed by atoms with Gasteiger partial charge in [-0.25, -0.2) is 0 Å². The topological polar surface area (TPSA) is 29.5 Å². The average molecular weight is 188 g/mol. The smallest absolute Gasteiger partial charge is 0.126 e. The second kappa shape index (κ2) is 3.68. The van der Waals surface area contributed by atoms with Gasteiger partial charge in [0.15, 0.2) is 0 Å². The van der Waals surface area contributed by atoms with Gasteiger partial charge >= 0.3 is 0 Å². The molecule has 0 unspecified atom stereocenters. The van der Waals surface area contributed by atoms with Crippen molar-refractivity contribution in [2.75, 3.05) is 7.11 Å². The summed E-state index contributed by atoms with van der Waals surface area (Å²) in [6, 6.07) is 11.7. The number of aliphatic hydroxyl groups excluding tert-OH is 1. The first-order chi connectivity index (χ1) is 6.85. The molecule has 0 bridgehead atoms. The Morgan fingerprint density at radius 3 is 2.79 bits per heavy atom. The van der Waals surface area contributed by atoms with Crippen molar-refractivity contribution in [2.45, 2.75) is 6.61 Å². The van der Waals surface area contributed by atoms with Crippen LogP contribution in [0.2, 0.25) is 0 Å². The summed E-state index contributed by atoms with van der Waals surface area (Å²) in [5, 5.41) is 11.2. The van der Waals surface area contributed by atoms with E-state index in [1.807, 2.05) is 36.4 Å². The van der Waals surface area contributed by atoms with Gasteiger partial charge in [-0.05, 0) is 23.1 Å². The Morgan fingerprint density at radius 2 is 2.07 bits per heavy atom. The third-order valence-corrected chi connectivity index (χ3v) is 2.31. The number of aliphatic hydroxyl groups is 1. The van der Waals surface area contributed by atoms with Crippen LogP contribution in [-0.4, -0.2) is 12.2 Å². The number of rotatable bonds is 2. The molecule has 2 aromatic carbocycles. The molecule has 0 atom stereocenters.